The first-order valence-electron chi connectivity index (χ1n) is 5.45. The third-order valence-electron chi connectivity index (χ3n) is 2.49. The molecular formula is C12H12N2O3S. The predicted molar refractivity (Wildman–Crippen MR) is 67.2 cm³/mol. The molecule has 0 radical (unpaired) electrons. The van der Waals surface area contributed by atoms with Crippen molar-refractivity contribution in [1.82, 2.24) is 10.2 Å². The zero-order valence-corrected chi connectivity index (χ0v) is 10.4. The van der Waals surface area contributed by atoms with E-state index in [9.17, 15) is 9.59 Å². The Morgan fingerprint density at radius 1 is 1.61 bits per heavy atom. The van der Waals surface area contributed by atoms with Crippen molar-refractivity contribution in [3.63, 3.8) is 0 Å². The Hall–Kier alpha value is -1.84. The fourth-order valence-electron chi connectivity index (χ4n) is 1.66. The Balaban J connectivity index is 2.18. The topological polar surface area (TPSA) is 69.6 Å². The first-order valence-corrected chi connectivity index (χ1v) is 6.33. The molecule has 94 valence electrons. The number of piperazine rings is 1. The summed E-state index contributed by atoms with van der Waals surface area (Å²) in [6.07, 6.45) is 0. The second-order valence-electron chi connectivity index (χ2n) is 3.70. The van der Waals surface area contributed by atoms with Crippen LogP contribution in [0.2, 0.25) is 0 Å². The van der Waals surface area contributed by atoms with Crippen molar-refractivity contribution in [1.29, 1.82) is 0 Å². The van der Waals surface area contributed by atoms with Crippen molar-refractivity contribution >= 4 is 23.2 Å². The van der Waals surface area contributed by atoms with Crippen LogP contribution in [-0.4, -0.2) is 48.1 Å². The van der Waals surface area contributed by atoms with Gasteiger partial charge < -0.3 is 15.3 Å². The van der Waals surface area contributed by atoms with Gasteiger partial charge in [0.2, 0.25) is 5.91 Å². The van der Waals surface area contributed by atoms with Gasteiger partial charge in [-0.1, -0.05) is 11.8 Å². The average Bonchev–Trinajstić information content (AvgIpc) is 2.83. The van der Waals surface area contributed by atoms with E-state index in [1.807, 2.05) is 0 Å². The van der Waals surface area contributed by atoms with Gasteiger partial charge in [-0.25, -0.2) is 0 Å². The van der Waals surface area contributed by atoms with Crippen molar-refractivity contribution in [2.75, 3.05) is 26.2 Å². The molecule has 0 aliphatic carbocycles. The Morgan fingerprint density at radius 3 is 3.17 bits per heavy atom. The van der Waals surface area contributed by atoms with Crippen LogP contribution in [0.1, 0.15) is 15.2 Å². The molecule has 2 amide bonds. The lowest BCUT2D eigenvalue weighted by molar-refractivity contribution is -0.123. The number of hydrogen-bond acceptors (Lipinski definition) is 4. The van der Waals surface area contributed by atoms with Crippen LogP contribution < -0.4 is 5.32 Å². The number of nitrogens with one attached hydrogen (secondary N) is 1. The highest BCUT2D eigenvalue weighted by Gasteiger charge is 2.24. The molecule has 1 aromatic heterocycles. The highest BCUT2D eigenvalue weighted by Crippen LogP contribution is 2.18. The maximum Gasteiger partial charge on any atom is 0.265 e. The van der Waals surface area contributed by atoms with E-state index in [1.165, 1.54) is 16.2 Å². The number of nitrogens with zero attached hydrogens (tertiary/aromatic N) is 1. The van der Waals surface area contributed by atoms with Gasteiger partial charge in [0.15, 0.2) is 0 Å². The summed E-state index contributed by atoms with van der Waals surface area (Å²) in [6, 6.07) is 1.74. The van der Waals surface area contributed by atoms with Crippen molar-refractivity contribution in [3.05, 3.63) is 21.9 Å². The molecule has 1 fully saturated rings. The maximum absolute atomic E-state index is 12.2. The van der Waals surface area contributed by atoms with Gasteiger partial charge in [-0.2, -0.15) is 0 Å². The molecule has 6 heteroatoms. The number of rotatable bonds is 1. The normalized spacial score (nSPS) is 14.7. The zero-order valence-electron chi connectivity index (χ0n) is 9.60. The molecule has 2 heterocycles. The van der Waals surface area contributed by atoms with Crippen molar-refractivity contribution in [2.24, 2.45) is 0 Å². The van der Waals surface area contributed by atoms with Crippen molar-refractivity contribution in [2.45, 2.75) is 0 Å². The molecule has 0 spiro atoms. The van der Waals surface area contributed by atoms with Crippen molar-refractivity contribution < 1.29 is 14.7 Å². The summed E-state index contributed by atoms with van der Waals surface area (Å²) >= 11 is 1.30. The van der Waals surface area contributed by atoms with Gasteiger partial charge in [0.1, 0.15) is 11.5 Å². The van der Waals surface area contributed by atoms with Crippen LogP contribution in [0.4, 0.5) is 0 Å². The fraction of sp³-hybridized carbons (Fsp3) is 0.333. The van der Waals surface area contributed by atoms with Crippen molar-refractivity contribution in [3.8, 4) is 11.8 Å². The molecule has 0 saturated carbocycles. The standard InChI is InChI=1S/C12H12N2O3S/c15-6-1-2-9-3-7-18-11(9)12(17)14-5-4-13-10(16)8-14/h3,7,15H,4-6,8H2,(H,13,16). The van der Waals surface area contributed by atoms with Gasteiger partial charge in [-0.15, -0.1) is 11.3 Å². The second kappa shape index (κ2) is 5.67. The third-order valence-corrected chi connectivity index (χ3v) is 3.39. The van der Waals surface area contributed by atoms with Gasteiger partial charge >= 0.3 is 0 Å². The summed E-state index contributed by atoms with van der Waals surface area (Å²) in [7, 11) is 0. The minimum absolute atomic E-state index is 0.0869. The van der Waals surface area contributed by atoms with Crippen LogP contribution in [-0.2, 0) is 4.79 Å². The number of thiophene rings is 1. The molecule has 18 heavy (non-hydrogen) atoms. The monoisotopic (exact) mass is 264 g/mol. The number of amides is 2. The largest absolute Gasteiger partial charge is 0.384 e. The van der Waals surface area contributed by atoms with E-state index in [-0.39, 0.29) is 25.0 Å². The van der Waals surface area contributed by atoms with Gasteiger partial charge in [0.05, 0.1) is 6.54 Å². The van der Waals surface area contributed by atoms with E-state index >= 15 is 0 Å². The zero-order chi connectivity index (χ0) is 13.0. The minimum Gasteiger partial charge on any atom is -0.384 e. The van der Waals surface area contributed by atoms with Crippen LogP contribution in [0, 0.1) is 11.8 Å². The summed E-state index contributed by atoms with van der Waals surface area (Å²) in [5.74, 6) is 4.93. The van der Waals surface area contributed by atoms with E-state index < -0.39 is 0 Å². The summed E-state index contributed by atoms with van der Waals surface area (Å²) in [5, 5.41) is 13.1. The number of aliphatic hydroxyl groups is 1. The van der Waals surface area contributed by atoms with E-state index in [0.717, 1.165) is 0 Å². The van der Waals surface area contributed by atoms with Gasteiger partial charge in [-0.3, -0.25) is 9.59 Å². The molecule has 1 aliphatic heterocycles. The Labute approximate surface area is 108 Å². The molecule has 0 aromatic carbocycles. The van der Waals surface area contributed by atoms with Crippen LogP contribution in [0.15, 0.2) is 11.4 Å². The van der Waals surface area contributed by atoms with E-state index in [1.54, 1.807) is 11.4 Å². The lowest BCUT2D eigenvalue weighted by Gasteiger charge is -2.26. The molecule has 0 unspecified atom stereocenters. The molecule has 2 rings (SSSR count). The number of aliphatic hydroxyl groups excluding tert-OH is 1. The molecular weight excluding hydrogens is 252 g/mol. The van der Waals surface area contributed by atoms with E-state index in [4.69, 9.17) is 5.11 Å². The average molecular weight is 264 g/mol. The van der Waals surface area contributed by atoms with Gasteiger partial charge in [0.25, 0.3) is 5.91 Å². The summed E-state index contributed by atoms with van der Waals surface area (Å²) < 4.78 is 0. The number of hydrogen-bond donors (Lipinski definition) is 2. The lowest BCUT2D eigenvalue weighted by Crippen LogP contribution is -2.49. The summed E-state index contributed by atoms with van der Waals surface area (Å²) in [6.45, 7) is 0.835. The lowest BCUT2D eigenvalue weighted by atomic mass is 10.2. The van der Waals surface area contributed by atoms with Gasteiger partial charge in [-0.05, 0) is 11.4 Å². The number of carbonyl (C=O) groups excluding carboxylic acids is 2. The quantitative estimate of drug-likeness (QED) is 0.682. The SMILES string of the molecule is O=C1CN(C(=O)c2sccc2C#CCO)CCN1. The predicted octanol–water partition coefficient (Wildman–Crippen LogP) is -0.336. The maximum atomic E-state index is 12.2. The van der Waals surface area contributed by atoms with E-state index in [0.29, 0.717) is 23.5 Å². The highest BCUT2D eigenvalue weighted by atomic mass is 32.1. The van der Waals surface area contributed by atoms with E-state index in [2.05, 4.69) is 17.2 Å². The fourth-order valence-corrected chi connectivity index (χ4v) is 2.48. The van der Waals surface area contributed by atoms with Crippen LogP contribution in [0.5, 0.6) is 0 Å². The second-order valence-corrected chi connectivity index (χ2v) is 4.62. The smallest absolute Gasteiger partial charge is 0.265 e. The molecule has 5 nitrogen and oxygen atoms in total. The summed E-state index contributed by atoms with van der Waals surface area (Å²) in [4.78, 5) is 25.5. The molecule has 0 atom stereocenters. The Bertz CT molecular complexity index is 527. The summed E-state index contributed by atoms with van der Waals surface area (Å²) in [5.41, 5.74) is 0.602. The molecule has 1 saturated heterocycles. The first kappa shape index (κ1) is 12.6. The van der Waals surface area contributed by atoms with Crippen LogP contribution in [0.25, 0.3) is 0 Å². The van der Waals surface area contributed by atoms with Crippen LogP contribution in [0.3, 0.4) is 0 Å². The molecule has 2 N–H and O–H groups in total. The van der Waals surface area contributed by atoms with Crippen LogP contribution >= 0.6 is 11.3 Å². The molecule has 1 aromatic rings. The Morgan fingerprint density at radius 2 is 2.44 bits per heavy atom. The molecule has 1 aliphatic rings. The number of carbonyl (C=O) groups is 2. The highest BCUT2D eigenvalue weighted by molar-refractivity contribution is 7.12. The first-order chi connectivity index (χ1) is 8.72. The minimum atomic E-state index is -0.240. The van der Waals surface area contributed by atoms with Gasteiger partial charge in [0, 0.05) is 18.7 Å². The molecule has 0 bridgehead atoms. The Kier molecular flexibility index (Phi) is 3.97. The third kappa shape index (κ3) is 2.70.